The Labute approximate surface area is 182 Å². The van der Waals surface area contributed by atoms with Crippen LogP contribution in [0.2, 0.25) is 5.02 Å². The summed E-state index contributed by atoms with van der Waals surface area (Å²) in [4.78, 5) is 4.83. The van der Waals surface area contributed by atoms with Gasteiger partial charge in [0.15, 0.2) is 17.2 Å². The van der Waals surface area contributed by atoms with Crippen molar-refractivity contribution >= 4 is 38.4 Å². The fourth-order valence-electron chi connectivity index (χ4n) is 3.06. The van der Waals surface area contributed by atoms with Gasteiger partial charge >= 0.3 is 0 Å². The molecule has 4 rings (SSSR count). The number of fused-ring (bicyclic) bond motifs is 1. The summed E-state index contributed by atoms with van der Waals surface area (Å²) in [5, 5.41) is 1.55. The average molecular weight is 471 g/mol. The normalized spacial score (nSPS) is 10.8. The molecule has 1 heterocycles. The van der Waals surface area contributed by atoms with Crippen molar-refractivity contribution in [3.8, 4) is 34.3 Å². The van der Waals surface area contributed by atoms with Gasteiger partial charge in [0.25, 0.3) is 0 Å². The highest BCUT2D eigenvalue weighted by molar-refractivity contribution is 9.10. The third-order valence-corrected chi connectivity index (χ3v) is 5.28. The highest BCUT2D eigenvalue weighted by Crippen LogP contribution is 2.40. The van der Waals surface area contributed by atoms with Crippen LogP contribution in [0.4, 0.5) is 0 Å². The summed E-state index contributed by atoms with van der Waals surface area (Å²) >= 11 is 9.97. The zero-order valence-corrected chi connectivity index (χ0v) is 18.1. The van der Waals surface area contributed by atoms with E-state index in [9.17, 15) is 0 Å². The maximum Gasteiger partial charge on any atom is 0.164 e. The van der Waals surface area contributed by atoms with Crippen LogP contribution in [0.15, 0.2) is 71.2 Å². The van der Waals surface area contributed by atoms with E-state index in [-0.39, 0.29) is 0 Å². The minimum atomic E-state index is 0.584. The number of methoxy groups -OCH3 is 2. The molecule has 0 atom stereocenters. The molecule has 0 aliphatic heterocycles. The van der Waals surface area contributed by atoms with E-state index >= 15 is 0 Å². The van der Waals surface area contributed by atoms with Crippen LogP contribution in [0.3, 0.4) is 0 Å². The molecule has 4 nitrogen and oxygen atoms in total. The van der Waals surface area contributed by atoms with Gasteiger partial charge < -0.3 is 14.2 Å². The van der Waals surface area contributed by atoms with Crippen molar-refractivity contribution in [2.75, 3.05) is 14.2 Å². The van der Waals surface area contributed by atoms with Crippen molar-refractivity contribution in [2.24, 2.45) is 0 Å². The van der Waals surface area contributed by atoms with E-state index < -0.39 is 0 Å². The van der Waals surface area contributed by atoms with Crippen LogP contribution in [0, 0.1) is 0 Å². The van der Waals surface area contributed by atoms with E-state index in [2.05, 4.69) is 15.9 Å². The molecule has 0 unspecified atom stereocenters. The summed E-state index contributed by atoms with van der Waals surface area (Å²) in [5.41, 5.74) is 2.32. The van der Waals surface area contributed by atoms with Gasteiger partial charge in [-0.25, -0.2) is 4.98 Å². The van der Waals surface area contributed by atoms with Gasteiger partial charge in [-0.15, -0.1) is 0 Å². The van der Waals surface area contributed by atoms with E-state index in [0.29, 0.717) is 33.7 Å². The van der Waals surface area contributed by atoms with Gasteiger partial charge in [-0.3, -0.25) is 0 Å². The van der Waals surface area contributed by atoms with Crippen LogP contribution in [0.1, 0.15) is 0 Å². The Balaban J connectivity index is 1.87. The molecular formula is C23H17BrClNO3. The monoisotopic (exact) mass is 469 g/mol. The fourth-order valence-corrected chi connectivity index (χ4v) is 3.66. The third kappa shape index (κ3) is 4.02. The topological polar surface area (TPSA) is 40.6 Å². The lowest BCUT2D eigenvalue weighted by atomic mass is 10.1. The average Bonchev–Trinajstić information content (AvgIpc) is 2.73. The summed E-state index contributed by atoms with van der Waals surface area (Å²) in [6, 6.07) is 20.9. The molecule has 6 heteroatoms. The summed E-state index contributed by atoms with van der Waals surface area (Å²) in [6.07, 6.45) is 0. The number of pyridine rings is 1. The first-order valence-corrected chi connectivity index (χ1v) is 10.0. The molecule has 0 fully saturated rings. The molecule has 1 aromatic heterocycles. The molecule has 0 saturated carbocycles. The molecule has 0 N–H and O–H groups in total. The van der Waals surface area contributed by atoms with Crippen molar-refractivity contribution in [2.45, 2.75) is 0 Å². The van der Waals surface area contributed by atoms with Crippen molar-refractivity contribution < 1.29 is 14.2 Å². The quantitative estimate of drug-likeness (QED) is 0.311. The van der Waals surface area contributed by atoms with Gasteiger partial charge in [0, 0.05) is 21.5 Å². The highest BCUT2D eigenvalue weighted by atomic mass is 79.9. The second kappa shape index (κ2) is 8.31. The number of halogens is 2. The van der Waals surface area contributed by atoms with Crippen LogP contribution in [-0.2, 0) is 0 Å². The zero-order chi connectivity index (χ0) is 20.4. The molecule has 4 aromatic rings. The predicted octanol–water partition coefficient (Wildman–Crippen LogP) is 7.13. The number of nitrogens with zero attached hydrogens (tertiary/aromatic N) is 1. The summed E-state index contributed by atoms with van der Waals surface area (Å²) < 4.78 is 17.9. The van der Waals surface area contributed by atoms with E-state index in [1.165, 1.54) is 0 Å². The minimum Gasteiger partial charge on any atom is -0.493 e. The van der Waals surface area contributed by atoms with E-state index in [0.717, 1.165) is 20.9 Å². The smallest absolute Gasteiger partial charge is 0.164 e. The molecule has 3 aromatic carbocycles. The van der Waals surface area contributed by atoms with Crippen molar-refractivity contribution in [3.05, 3.63) is 76.2 Å². The van der Waals surface area contributed by atoms with Crippen molar-refractivity contribution in [1.29, 1.82) is 0 Å². The lowest BCUT2D eigenvalue weighted by Crippen LogP contribution is -1.95. The van der Waals surface area contributed by atoms with Crippen LogP contribution in [0.5, 0.6) is 23.0 Å². The Morgan fingerprint density at radius 3 is 2.38 bits per heavy atom. The number of aromatic nitrogens is 1. The van der Waals surface area contributed by atoms with Gasteiger partial charge in [0.2, 0.25) is 0 Å². The molecule has 0 aliphatic rings. The number of rotatable bonds is 5. The lowest BCUT2D eigenvalue weighted by molar-refractivity contribution is 0.352. The molecule has 0 bridgehead atoms. The number of benzene rings is 3. The maximum absolute atomic E-state index is 6.46. The third-order valence-electron chi connectivity index (χ3n) is 4.45. The Hall–Kier alpha value is -2.76. The van der Waals surface area contributed by atoms with Crippen LogP contribution in [-0.4, -0.2) is 19.2 Å². The second-order valence-corrected chi connectivity index (χ2v) is 7.59. The van der Waals surface area contributed by atoms with Gasteiger partial charge in [-0.05, 0) is 42.5 Å². The molecule has 146 valence electrons. The predicted molar refractivity (Wildman–Crippen MR) is 120 cm³/mol. The van der Waals surface area contributed by atoms with E-state index in [4.69, 9.17) is 30.8 Å². The Kier molecular flexibility index (Phi) is 5.60. The SMILES string of the molecule is COc1ccc(Oc2cc3cc(Br)ccc3nc2-c2ccccc2Cl)cc1OC. The van der Waals surface area contributed by atoms with Crippen LogP contribution < -0.4 is 14.2 Å². The van der Waals surface area contributed by atoms with Crippen molar-refractivity contribution in [1.82, 2.24) is 4.98 Å². The Morgan fingerprint density at radius 1 is 0.828 bits per heavy atom. The van der Waals surface area contributed by atoms with E-state index in [1.807, 2.05) is 54.6 Å². The molecular weight excluding hydrogens is 454 g/mol. The maximum atomic E-state index is 6.46. The minimum absolute atomic E-state index is 0.584. The zero-order valence-electron chi connectivity index (χ0n) is 15.8. The fraction of sp³-hybridized carbons (Fsp3) is 0.0870. The van der Waals surface area contributed by atoms with Crippen molar-refractivity contribution in [3.63, 3.8) is 0 Å². The lowest BCUT2D eigenvalue weighted by Gasteiger charge is -2.15. The number of hydrogen-bond acceptors (Lipinski definition) is 4. The Morgan fingerprint density at radius 2 is 1.62 bits per heavy atom. The first-order valence-electron chi connectivity index (χ1n) is 8.84. The molecule has 0 saturated heterocycles. The summed E-state index contributed by atoms with van der Waals surface area (Å²) in [5.74, 6) is 2.41. The summed E-state index contributed by atoms with van der Waals surface area (Å²) in [6.45, 7) is 0. The number of ether oxygens (including phenoxy) is 3. The van der Waals surface area contributed by atoms with Gasteiger partial charge in [0.1, 0.15) is 11.4 Å². The van der Waals surface area contributed by atoms with Crippen LogP contribution in [0.25, 0.3) is 22.2 Å². The second-order valence-electron chi connectivity index (χ2n) is 6.27. The summed E-state index contributed by atoms with van der Waals surface area (Å²) in [7, 11) is 3.19. The van der Waals surface area contributed by atoms with Gasteiger partial charge in [0.05, 0.1) is 24.8 Å². The molecule has 0 amide bonds. The van der Waals surface area contributed by atoms with Gasteiger partial charge in [-0.1, -0.05) is 45.7 Å². The first-order chi connectivity index (χ1) is 14.1. The van der Waals surface area contributed by atoms with Crippen LogP contribution >= 0.6 is 27.5 Å². The molecule has 0 radical (unpaired) electrons. The standard InChI is InChI=1S/C23H17BrClNO3/c1-27-20-10-8-16(13-21(20)28-2)29-22-12-14-11-15(24)7-9-19(14)26-23(22)17-5-3-4-6-18(17)25/h3-13H,1-2H3. The molecule has 0 spiro atoms. The molecule has 0 aliphatic carbocycles. The molecule has 29 heavy (non-hydrogen) atoms. The largest absolute Gasteiger partial charge is 0.493 e. The first kappa shape index (κ1) is 19.6. The van der Waals surface area contributed by atoms with E-state index in [1.54, 1.807) is 26.4 Å². The Bertz CT molecular complexity index is 1200. The highest BCUT2D eigenvalue weighted by Gasteiger charge is 2.15. The van der Waals surface area contributed by atoms with Gasteiger partial charge in [-0.2, -0.15) is 0 Å². The number of hydrogen-bond donors (Lipinski definition) is 0.